The maximum atomic E-state index is 12.2. The quantitative estimate of drug-likeness (QED) is 0.735. The van der Waals surface area contributed by atoms with Crippen LogP contribution in [0.1, 0.15) is 85.5 Å². The standard InChI is InChI=1S/C22H36O2/c1-14(23)17-5-6-18-16-8-10-20(2)13-15(24)7-12-22(20,4)19(16)9-11-21(17,18)3/h15-19,24H,5-13H2,1-4H3/t15-,16?,17+,18?,19?,20-,21+,22+/m0/s1. The second-order valence-corrected chi connectivity index (χ2v) is 10.6. The smallest absolute Gasteiger partial charge is 0.133 e. The van der Waals surface area contributed by atoms with Crippen LogP contribution in [-0.2, 0) is 4.79 Å². The highest BCUT2D eigenvalue weighted by atomic mass is 16.3. The number of Topliss-reactive ketones (excluding diaryl/α,β-unsaturated/α-hetero) is 1. The first-order valence-corrected chi connectivity index (χ1v) is 10.4. The molecule has 4 aliphatic rings. The molecule has 4 saturated carbocycles. The second kappa shape index (κ2) is 5.32. The van der Waals surface area contributed by atoms with Gasteiger partial charge in [-0.2, -0.15) is 0 Å². The van der Waals surface area contributed by atoms with Gasteiger partial charge in [-0.15, -0.1) is 0 Å². The van der Waals surface area contributed by atoms with Crippen molar-refractivity contribution in [3.05, 3.63) is 0 Å². The zero-order valence-electron chi connectivity index (χ0n) is 16.1. The minimum Gasteiger partial charge on any atom is -0.393 e. The van der Waals surface area contributed by atoms with Crippen molar-refractivity contribution in [3.63, 3.8) is 0 Å². The van der Waals surface area contributed by atoms with Gasteiger partial charge in [-0.05, 0) is 98.7 Å². The van der Waals surface area contributed by atoms with Gasteiger partial charge in [0.25, 0.3) is 0 Å². The molecule has 0 heterocycles. The molecule has 24 heavy (non-hydrogen) atoms. The summed E-state index contributed by atoms with van der Waals surface area (Å²) in [6, 6.07) is 0. The van der Waals surface area contributed by atoms with Crippen LogP contribution in [0.4, 0.5) is 0 Å². The fraction of sp³-hybridized carbons (Fsp3) is 0.955. The van der Waals surface area contributed by atoms with Gasteiger partial charge >= 0.3 is 0 Å². The first kappa shape index (κ1) is 17.1. The Hall–Kier alpha value is -0.370. The van der Waals surface area contributed by atoms with E-state index < -0.39 is 0 Å². The molecule has 8 atom stereocenters. The largest absolute Gasteiger partial charge is 0.393 e. The Morgan fingerprint density at radius 1 is 0.917 bits per heavy atom. The summed E-state index contributed by atoms with van der Waals surface area (Å²) in [4.78, 5) is 12.2. The third kappa shape index (κ3) is 2.07. The molecule has 0 aromatic heterocycles. The lowest BCUT2D eigenvalue weighted by Gasteiger charge is -2.65. The van der Waals surface area contributed by atoms with Crippen LogP contribution in [-0.4, -0.2) is 17.0 Å². The van der Waals surface area contributed by atoms with Crippen molar-refractivity contribution < 1.29 is 9.90 Å². The van der Waals surface area contributed by atoms with E-state index in [1.54, 1.807) is 0 Å². The van der Waals surface area contributed by atoms with Crippen LogP contribution in [0.2, 0.25) is 0 Å². The van der Waals surface area contributed by atoms with E-state index >= 15 is 0 Å². The van der Waals surface area contributed by atoms with Crippen molar-refractivity contribution in [3.8, 4) is 0 Å². The maximum Gasteiger partial charge on any atom is 0.133 e. The number of fused-ring (bicyclic) bond motifs is 5. The van der Waals surface area contributed by atoms with Crippen LogP contribution in [0.15, 0.2) is 0 Å². The summed E-state index contributed by atoms with van der Waals surface area (Å²) in [7, 11) is 0. The minimum absolute atomic E-state index is 0.0814. The lowest BCUT2D eigenvalue weighted by molar-refractivity contribution is -0.171. The van der Waals surface area contributed by atoms with E-state index in [1.165, 1.54) is 38.5 Å². The average Bonchev–Trinajstić information content (AvgIpc) is 2.86. The number of hydrogen-bond donors (Lipinski definition) is 1. The van der Waals surface area contributed by atoms with Crippen LogP contribution in [0.25, 0.3) is 0 Å². The Labute approximate surface area is 147 Å². The lowest BCUT2D eigenvalue weighted by Crippen LogP contribution is -2.58. The molecule has 2 nitrogen and oxygen atoms in total. The Kier molecular flexibility index (Phi) is 3.78. The normalized spacial score (nSPS) is 57.0. The van der Waals surface area contributed by atoms with E-state index in [1.807, 2.05) is 6.92 Å². The maximum absolute atomic E-state index is 12.2. The van der Waals surface area contributed by atoms with Gasteiger partial charge in [0, 0.05) is 5.92 Å². The molecule has 136 valence electrons. The van der Waals surface area contributed by atoms with Crippen LogP contribution in [0.3, 0.4) is 0 Å². The summed E-state index contributed by atoms with van der Waals surface area (Å²) in [5, 5.41) is 10.3. The van der Waals surface area contributed by atoms with Crippen molar-refractivity contribution in [2.24, 2.45) is 39.9 Å². The highest BCUT2D eigenvalue weighted by Gasteiger charge is 2.63. The molecule has 0 aromatic rings. The number of rotatable bonds is 1. The molecular weight excluding hydrogens is 296 g/mol. The van der Waals surface area contributed by atoms with Crippen LogP contribution >= 0.6 is 0 Å². The minimum atomic E-state index is -0.0814. The molecule has 3 unspecified atom stereocenters. The summed E-state index contributed by atoms with van der Waals surface area (Å²) in [5.74, 6) is 3.15. The molecule has 0 aliphatic heterocycles. The third-order valence-electron chi connectivity index (χ3n) is 9.84. The van der Waals surface area contributed by atoms with E-state index in [2.05, 4.69) is 20.8 Å². The van der Waals surface area contributed by atoms with Crippen LogP contribution in [0, 0.1) is 39.9 Å². The van der Waals surface area contributed by atoms with Gasteiger partial charge in [0.05, 0.1) is 6.10 Å². The number of aliphatic hydroxyl groups excluding tert-OH is 1. The van der Waals surface area contributed by atoms with Gasteiger partial charge in [0.15, 0.2) is 0 Å². The topological polar surface area (TPSA) is 37.3 Å². The van der Waals surface area contributed by atoms with Crippen LogP contribution < -0.4 is 0 Å². The number of hydrogen-bond acceptors (Lipinski definition) is 2. The molecule has 0 spiro atoms. The SMILES string of the molecule is CC(=O)[C@H]1CCC2C3CC[C@@]4(C)C[C@@H](O)CC[C@]4(C)C3CC[C@@]21C. The molecule has 0 radical (unpaired) electrons. The predicted octanol–water partition coefficient (Wildman–Crippen LogP) is 4.99. The molecule has 0 saturated heterocycles. The molecule has 0 amide bonds. The highest BCUT2D eigenvalue weighted by Crippen LogP contribution is 2.70. The molecule has 4 fully saturated rings. The second-order valence-electron chi connectivity index (χ2n) is 10.6. The predicted molar refractivity (Wildman–Crippen MR) is 96.5 cm³/mol. The molecule has 4 rings (SSSR count). The summed E-state index contributed by atoms with van der Waals surface area (Å²) in [6.07, 6.45) is 10.7. The van der Waals surface area contributed by atoms with E-state index in [9.17, 15) is 9.90 Å². The Bertz CT molecular complexity index is 542. The van der Waals surface area contributed by atoms with Gasteiger partial charge in [-0.3, -0.25) is 4.79 Å². The molecule has 0 aromatic carbocycles. The lowest BCUT2D eigenvalue weighted by atomic mass is 9.40. The molecular formula is C22H36O2. The zero-order valence-corrected chi connectivity index (χ0v) is 16.1. The van der Waals surface area contributed by atoms with E-state index in [0.29, 0.717) is 22.5 Å². The van der Waals surface area contributed by atoms with Gasteiger partial charge in [-0.25, -0.2) is 0 Å². The van der Waals surface area contributed by atoms with Crippen LogP contribution in [0.5, 0.6) is 0 Å². The average molecular weight is 333 g/mol. The molecule has 4 aliphatic carbocycles. The summed E-state index contributed by atoms with van der Waals surface area (Å²) < 4.78 is 0. The van der Waals surface area contributed by atoms with Crippen molar-refractivity contribution >= 4 is 5.78 Å². The zero-order chi connectivity index (χ0) is 17.3. The first-order chi connectivity index (χ1) is 11.2. The fourth-order valence-corrected chi connectivity index (χ4v) is 8.28. The summed E-state index contributed by atoms with van der Waals surface area (Å²) >= 11 is 0. The Balaban J connectivity index is 1.65. The van der Waals surface area contributed by atoms with Crippen molar-refractivity contribution in [2.75, 3.05) is 0 Å². The van der Waals surface area contributed by atoms with Crippen molar-refractivity contribution in [1.82, 2.24) is 0 Å². The van der Waals surface area contributed by atoms with Gasteiger partial charge in [0.2, 0.25) is 0 Å². The number of ketones is 1. The number of aliphatic hydroxyl groups is 1. The van der Waals surface area contributed by atoms with E-state index in [4.69, 9.17) is 0 Å². The van der Waals surface area contributed by atoms with Gasteiger partial charge in [0.1, 0.15) is 5.78 Å². The Morgan fingerprint density at radius 3 is 2.38 bits per heavy atom. The van der Waals surface area contributed by atoms with Gasteiger partial charge < -0.3 is 5.11 Å². The summed E-state index contributed by atoms with van der Waals surface area (Å²) in [6.45, 7) is 9.28. The first-order valence-electron chi connectivity index (χ1n) is 10.4. The van der Waals surface area contributed by atoms with Crippen molar-refractivity contribution in [1.29, 1.82) is 0 Å². The highest BCUT2D eigenvalue weighted by molar-refractivity contribution is 5.79. The molecule has 1 N–H and O–H groups in total. The van der Waals surface area contributed by atoms with E-state index in [0.717, 1.165) is 37.0 Å². The van der Waals surface area contributed by atoms with Gasteiger partial charge in [-0.1, -0.05) is 20.8 Å². The Morgan fingerprint density at radius 2 is 1.67 bits per heavy atom. The number of carbonyl (C=O) groups excluding carboxylic acids is 1. The summed E-state index contributed by atoms with van der Waals surface area (Å²) in [5.41, 5.74) is 0.980. The van der Waals surface area contributed by atoms with Crippen molar-refractivity contribution in [2.45, 2.75) is 91.6 Å². The number of carbonyl (C=O) groups is 1. The molecule has 0 bridgehead atoms. The third-order valence-corrected chi connectivity index (χ3v) is 9.84. The monoisotopic (exact) mass is 332 g/mol. The fourth-order valence-electron chi connectivity index (χ4n) is 8.28. The molecule has 2 heteroatoms. The van der Waals surface area contributed by atoms with E-state index in [-0.39, 0.29) is 11.5 Å².